The second-order valence-corrected chi connectivity index (χ2v) is 4.92. The van der Waals surface area contributed by atoms with Crippen LogP contribution in [0, 0.1) is 0 Å². The van der Waals surface area contributed by atoms with Gasteiger partial charge in [0.2, 0.25) is 5.88 Å². The number of aromatic nitrogens is 1. The smallest absolute Gasteiger partial charge is 0.213 e. The molecule has 0 bridgehead atoms. The Hall–Kier alpha value is -1.33. The van der Waals surface area contributed by atoms with Crippen molar-refractivity contribution in [3.8, 4) is 11.6 Å². The molecule has 2 heterocycles. The van der Waals surface area contributed by atoms with Crippen molar-refractivity contribution in [2.45, 2.75) is 38.6 Å². The Morgan fingerprint density at radius 1 is 1.32 bits per heavy atom. The summed E-state index contributed by atoms with van der Waals surface area (Å²) < 4.78 is 16.8. The molecule has 19 heavy (non-hydrogen) atoms. The van der Waals surface area contributed by atoms with Crippen LogP contribution in [0.2, 0.25) is 0 Å². The number of ether oxygens (including phenoxy) is 3. The zero-order valence-corrected chi connectivity index (χ0v) is 11.8. The molecular weight excluding hydrogens is 244 g/mol. The highest BCUT2D eigenvalue weighted by Gasteiger charge is 2.26. The minimum atomic E-state index is 0.0515. The van der Waals surface area contributed by atoms with Crippen molar-refractivity contribution >= 4 is 0 Å². The first kappa shape index (κ1) is 14.1. The fourth-order valence-corrected chi connectivity index (χ4v) is 2.11. The van der Waals surface area contributed by atoms with Gasteiger partial charge in [-0.25, -0.2) is 4.98 Å². The molecule has 1 saturated heterocycles. The van der Waals surface area contributed by atoms with E-state index in [1.165, 1.54) is 0 Å². The van der Waals surface area contributed by atoms with Gasteiger partial charge >= 0.3 is 0 Å². The summed E-state index contributed by atoms with van der Waals surface area (Å²) in [4.78, 5) is 4.27. The monoisotopic (exact) mass is 266 g/mol. The highest BCUT2D eigenvalue weighted by molar-refractivity contribution is 5.23. The summed E-state index contributed by atoms with van der Waals surface area (Å²) in [6.07, 6.45) is 2.89. The summed E-state index contributed by atoms with van der Waals surface area (Å²) in [6.45, 7) is 5.74. The molecule has 0 aliphatic carbocycles. The van der Waals surface area contributed by atoms with Gasteiger partial charge in [-0.2, -0.15) is 0 Å². The van der Waals surface area contributed by atoms with Crippen LogP contribution in [-0.2, 0) is 4.74 Å². The number of piperidine rings is 1. The highest BCUT2D eigenvalue weighted by Crippen LogP contribution is 2.19. The SMILES string of the molecule is CO[C@H]1CNCC[C@@H]1Oc1ccc(OC(C)C)cn1. The molecule has 0 amide bonds. The zero-order chi connectivity index (χ0) is 13.7. The van der Waals surface area contributed by atoms with Crippen molar-refractivity contribution in [1.29, 1.82) is 0 Å². The largest absolute Gasteiger partial charge is 0.489 e. The Morgan fingerprint density at radius 3 is 2.79 bits per heavy atom. The summed E-state index contributed by atoms with van der Waals surface area (Å²) >= 11 is 0. The van der Waals surface area contributed by atoms with Gasteiger partial charge in [-0.1, -0.05) is 0 Å². The van der Waals surface area contributed by atoms with Crippen LogP contribution in [0.3, 0.4) is 0 Å². The molecule has 1 aliphatic heterocycles. The Morgan fingerprint density at radius 2 is 2.16 bits per heavy atom. The van der Waals surface area contributed by atoms with Gasteiger partial charge in [-0.15, -0.1) is 0 Å². The van der Waals surface area contributed by atoms with Gasteiger partial charge in [-0.3, -0.25) is 0 Å². The lowest BCUT2D eigenvalue weighted by molar-refractivity contribution is -0.0160. The first-order chi connectivity index (χ1) is 9.19. The van der Waals surface area contributed by atoms with Crippen molar-refractivity contribution in [2.75, 3.05) is 20.2 Å². The second kappa shape index (κ2) is 6.73. The van der Waals surface area contributed by atoms with Crippen molar-refractivity contribution in [2.24, 2.45) is 0 Å². The summed E-state index contributed by atoms with van der Waals surface area (Å²) in [6, 6.07) is 3.72. The van der Waals surface area contributed by atoms with E-state index in [0.29, 0.717) is 5.88 Å². The third-order valence-corrected chi connectivity index (χ3v) is 3.02. The van der Waals surface area contributed by atoms with Crippen LogP contribution in [0.1, 0.15) is 20.3 Å². The van der Waals surface area contributed by atoms with Crippen LogP contribution in [0.25, 0.3) is 0 Å². The molecule has 0 unspecified atom stereocenters. The molecule has 1 fully saturated rings. The standard InChI is InChI=1S/C14H22N2O3/c1-10(2)18-11-4-5-14(16-8-11)19-12-6-7-15-9-13(12)17-3/h4-5,8,10,12-13,15H,6-7,9H2,1-3H3/t12-,13-/m0/s1. The fourth-order valence-electron chi connectivity index (χ4n) is 2.11. The Labute approximate surface area is 114 Å². The molecular formula is C14H22N2O3. The number of nitrogens with zero attached hydrogens (tertiary/aromatic N) is 1. The zero-order valence-electron chi connectivity index (χ0n) is 11.8. The van der Waals surface area contributed by atoms with Crippen molar-refractivity contribution < 1.29 is 14.2 Å². The lowest BCUT2D eigenvalue weighted by Gasteiger charge is -2.30. The van der Waals surface area contributed by atoms with E-state index in [0.717, 1.165) is 25.3 Å². The second-order valence-electron chi connectivity index (χ2n) is 4.92. The maximum atomic E-state index is 5.89. The summed E-state index contributed by atoms with van der Waals surface area (Å²) in [5.41, 5.74) is 0. The number of methoxy groups -OCH3 is 1. The summed E-state index contributed by atoms with van der Waals surface area (Å²) in [5, 5.41) is 3.29. The Balaban J connectivity index is 1.94. The lowest BCUT2D eigenvalue weighted by atomic mass is 10.1. The molecule has 0 aromatic carbocycles. The van der Waals surface area contributed by atoms with Crippen LogP contribution in [0.15, 0.2) is 18.3 Å². The molecule has 2 rings (SSSR count). The van der Waals surface area contributed by atoms with Crippen LogP contribution in [0.4, 0.5) is 0 Å². The van der Waals surface area contributed by atoms with E-state index in [-0.39, 0.29) is 18.3 Å². The van der Waals surface area contributed by atoms with Crippen LogP contribution < -0.4 is 14.8 Å². The average Bonchev–Trinajstić information content (AvgIpc) is 2.41. The number of hydrogen-bond acceptors (Lipinski definition) is 5. The normalized spacial score (nSPS) is 23.4. The molecule has 1 aromatic heterocycles. The van der Waals surface area contributed by atoms with E-state index in [4.69, 9.17) is 14.2 Å². The van der Waals surface area contributed by atoms with Crippen LogP contribution >= 0.6 is 0 Å². The number of nitrogens with one attached hydrogen (secondary N) is 1. The van der Waals surface area contributed by atoms with Gasteiger partial charge in [0.1, 0.15) is 18.0 Å². The van der Waals surface area contributed by atoms with Crippen molar-refractivity contribution in [1.82, 2.24) is 10.3 Å². The molecule has 5 nitrogen and oxygen atoms in total. The Bertz CT molecular complexity index is 381. The van der Waals surface area contributed by atoms with Gasteiger partial charge in [0.25, 0.3) is 0 Å². The Kier molecular flexibility index (Phi) is 4.99. The van der Waals surface area contributed by atoms with E-state index in [9.17, 15) is 0 Å². The number of pyridine rings is 1. The van der Waals surface area contributed by atoms with E-state index in [1.54, 1.807) is 13.3 Å². The maximum absolute atomic E-state index is 5.89. The van der Waals surface area contributed by atoms with E-state index in [1.807, 2.05) is 26.0 Å². The predicted octanol–water partition coefficient (Wildman–Crippen LogP) is 1.62. The fraction of sp³-hybridized carbons (Fsp3) is 0.643. The molecule has 1 N–H and O–H groups in total. The van der Waals surface area contributed by atoms with Crippen molar-refractivity contribution in [3.63, 3.8) is 0 Å². The minimum absolute atomic E-state index is 0.0515. The van der Waals surface area contributed by atoms with E-state index >= 15 is 0 Å². The summed E-state index contributed by atoms with van der Waals surface area (Å²) in [5.74, 6) is 1.38. The molecule has 1 aromatic rings. The van der Waals surface area contributed by atoms with E-state index < -0.39 is 0 Å². The number of rotatable bonds is 5. The lowest BCUT2D eigenvalue weighted by Crippen LogP contribution is -2.47. The van der Waals surface area contributed by atoms with Gasteiger partial charge in [-0.05, 0) is 32.9 Å². The highest BCUT2D eigenvalue weighted by atomic mass is 16.5. The van der Waals surface area contributed by atoms with Crippen LogP contribution in [0.5, 0.6) is 11.6 Å². The predicted molar refractivity (Wildman–Crippen MR) is 72.7 cm³/mol. The average molecular weight is 266 g/mol. The van der Waals surface area contributed by atoms with Gasteiger partial charge < -0.3 is 19.5 Å². The van der Waals surface area contributed by atoms with E-state index in [2.05, 4.69) is 10.3 Å². The van der Waals surface area contributed by atoms with Gasteiger partial charge in [0.15, 0.2) is 0 Å². The first-order valence-corrected chi connectivity index (χ1v) is 6.72. The van der Waals surface area contributed by atoms with Crippen molar-refractivity contribution in [3.05, 3.63) is 18.3 Å². The molecule has 5 heteroatoms. The molecule has 0 spiro atoms. The van der Waals surface area contributed by atoms with Gasteiger partial charge in [0.05, 0.1) is 12.3 Å². The molecule has 2 atom stereocenters. The molecule has 0 saturated carbocycles. The third-order valence-electron chi connectivity index (χ3n) is 3.02. The third kappa shape index (κ3) is 4.08. The van der Waals surface area contributed by atoms with Gasteiger partial charge in [0, 0.05) is 19.7 Å². The maximum Gasteiger partial charge on any atom is 0.213 e. The number of hydrogen-bond donors (Lipinski definition) is 1. The quantitative estimate of drug-likeness (QED) is 0.877. The minimum Gasteiger partial charge on any atom is -0.489 e. The molecule has 0 radical (unpaired) electrons. The molecule has 1 aliphatic rings. The first-order valence-electron chi connectivity index (χ1n) is 6.72. The topological polar surface area (TPSA) is 52.6 Å². The van der Waals surface area contributed by atoms with Crippen LogP contribution in [-0.4, -0.2) is 43.5 Å². The molecule has 106 valence electrons. The summed E-state index contributed by atoms with van der Waals surface area (Å²) in [7, 11) is 1.71.